The van der Waals surface area contributed by atoms with Crippen molar-refractivity contribution >= 4 is 11.9 Å². The minimum absolute atomic E-state index is 0.00133. The zero-order valence-corrected chi connectivity index (χ0v) is 13.3. The molecule has 0 radical (unpaired) electrons. The molecule has 0 aromatic rings. The maximum atomic E-state index is 12.7. The van der Waals surface area contributed by atoms with Crippen LogP contribution in [0.4, 0.5) is 4.79 Å². The zero-order valence-electron chi connectivity index (χ0n) is 13.3. The van der Waals surface area contributed by atoms with Gasteiger partial charge in [-0.05, 0) is 12.8 Å². The maximum absolute atomic E-state index is 12.7. The molecule has 2 rings (SSSR count). The van der Waals surface area contributed by atoms with Gasteiger partial charge >= 0.3 is 6.03 Å². The van der Waals surface area contributed by atoms with E-state index in [0.717, 1.165) is 25.7 Å². The van der Waals surface area contributed by atoms with E-state index < -0.39 is 0 Å². The molecule has 0 spiro atoms. The summed E-state index contributed by atoms with van der Waals surface area (Å²) in [6.07, 6.45) is 5.29. The Hall–Kier alpha value is -1.30. The fourth-order valence-corrected chi connectivity index (χ4v) is 3.28. The summed E-state index contributed by atoms with van der Waals surface area (Å²) < 4.78 is 0. The minimum Gasteiger partial charge on any atom is -0.339 e. The van der Waals surface area contributed by atoms with Crippen LogP contribution < -0.4 is 5.73 Å². The van der Waals surface area contributed by atoms with Crippen LogP contribution in [-0.2, 0) is 4.79 Å². The summed E-state index contributed by atoms with van der Waals surface area (Å²) in [7, 11) is 3.51. The third-order valence-electron chi connectivity index (χ3n) is 4.63. The van der Waals surface area contributed by atoms with E-state index in [0.29, 0.717) is 26.2 Å². The first kappa shape index (κ1) is 16.1. The van der Waals surface area contributed by atoms with E-state index >= 15 is 0 Å². The van der Waals surface area contributed by atoms with Crippen LogP contribution in [0, 0.1) is 5.92 Å². The lowest BCUT2D eigenvalue weighted by Crippen LogP contribution is -2.55. The Morgan fingerprint density at radius 2 is 1.52 bits per heavy atom. The smallest absolute Gasteiger partial charge is 0.319 e. The van der Waals surface area contributed by atoms with Crippen molar-refractivity contribution in [3.63, 3.8) is 0 Å². The summed E-state index contributed by atoms with van der Waals surface area (Å²) in [5.74, 6) is 0.171. The quantitative estimate of drug-likeness (QED) is 0.725. The molecule has 1 saturated carbocycles. The maximum Gasteiger partial charge on any atom is 0.319 e. The van der Waals surface area contributed by atoms with Gasteiger partial charge in [-0.2, -0.15) is 0 Å². The number of carbonyl (C=O) groups is 2. The van der Waals surface area contributed by atoms with Gasteiger partial charge in [0.1, 0.15) is 0 Å². The monoisotopic (exact) mass is 296 g/mol. The van der Waals surface area contributed by atoms with Gasteiger partial charge in [-0.15, -0.1) is 0 Å². The highest BCUT2D eigenvalue weighted by Gasteiger charge is 2.33. The summed E-state index contributed by atoms with van der Waals surface area (Å²) in [4.78, 5) is 29.8. The molecule has 1 saturated heterocycles. The summed E-state index contributed by atoms with van der Waals surface area (Å²) in [5, 5.41) is 0. The Morgan fingerprint density at radius 1 is 0.952 bits per heavy atom. The van der Waals surface area contributed by atoms with E-state index in [1.54, 1.807) is 23.9 Å². The number of amides is 3. The number of nitrogens with two attached hydrogens (primary N) is 1. The van der Waals surface area contributed by atoms with Crippen molar-refractivity contribution in [1.82, 2.24) is 14.7 Å². The van der Waals surface area contributed by atoms with Gasteiger partial charge < -0.3 is 20.4 Å². The summed E-state index contributed by atoms with van der Waals surface area (Å²) in [6.45, 7) is 2.48. The molecule has 2 fully saturated rings. The lowest BCUT2D eigenvalue weighted by Gasteiger charge is -2.38. The van der Waals surface area contributed by atoms with Crippen molar-refractivity contribution in [3.05, 3.63) is 0 Å². The Morgan fingerprint density at radius 3 is 2.14 bits per heavy atom. The van der Waals surface area contributed by atoms with Crippen molar-refractivity contribution in [2.45, 2.75) is 38.1 Å². The Kier molecular flexibility index (Phi) is 5.45. The van der Waals surface area contributed by atoms with Crippen LogP contribution in [0.2, 0.25) is 0 Å². The number of nitrogens with zero attached hydrogens (tertiary/aromatic N) is 3. The molecule has 6 heteroatoms. The number of rotatable bonds is 1. The molecule has 2 N–H and O–H groups in total. The fourth-order valence-electron chi connectivity index (χ4n) is 3.28. The number of piperazine rings is 1. The second-order valence-electron chi connectivity index (χ2n) is 6.40. The van der Waals surface area contributed by atoms with E-state index in [1.165, 1.54) is 6.42 Å². The SMILES string of the molecule is CN(C)C(=O)N1CCN(C(=O)C2CCCCCC2N)CC1. The van der Waals surface area contributed by atoms with Crippen LogP contribution in [0.15, 0.2) is 0 Å². The van der Waals surface area contributed by atoms with Gasteiger partial charge in [0.25, 0.3) is 0 Å². The number of hydrogen-bond donors (Lipinski definition) is 1. The number of urea groups is 1. The summed E-state index contributed by atoms with van der Waals surface area (Å²) >= 11 is 0. The van der Waals surface area contributed by atoms with Crippen LogP contribution >= 0.6 is 0 Å². The molecule has 0 aromatic heterocycles. The predicted molar refractivity (Wildman–Crippen MR) is 81.8 cm³/mol. The number of hydrogen-bond acceptors (Lipinski definition) is 3. The zero-order chi connectivity index (χ0) is 15.4. The first-order valence-electron chi connectivity index (χ1n) is 8.01. The van der Waals surface area contributed by atoms with Crippen LogP contribution in [0.1, 0.15) is 32.1 Å². The molecule has 1 aliphatic heterocycles. The Bertz CT molecular complexity index is 378. The van der Waals surface area contributed by atoms with E-state index in [2.05, 4.69) is 0 Å². The highest BCUT2D eigenvalue weighted by atomic mass is 16.2. The topological polar surface area (TPSA) is 69.9 Å². The molecular weight excluding hydrogens is 268 g/mol. The van der Waals surface area contributed by atoms with E-state index in [9.17, 15) is 9.59 Å². The van der Waals surface area contributed by atoms with Crippen molar-refractivity contribution in [1.29, 1.82) is 0 Å². The van der Waals surface area contributed by atoms with Crippen molar-refractivity contribution in [2.75, 3.05) is 40.3 Å². The Balaban J connectivity index is 1.89. The van der Waals surface area contributed by atoms with Crippen molar-refractivity contribution in [3.8, 4) is 0 Å². The average Bonchev–Trinajstić information content (AvgIpc) is 2.70. The third-order valence-corrected chi connectivity index (χ3v) is 4.63. The molecule has 3 amide bonds. The van der Waals surface area contributed by atoms with Gasteiger partial charge in [0.05, 0.1) is 5.92 Å². The lowest BCUT2D eigenvalue weighted by molar-refractivity contribution is -0.137. The highest BCUT2D eigenvalue weighted by Crippen LogP contribution is 2.24. The summed E-state index contributed by atoms with van der Waals surface area (Å²) in [5.41, 5.74) is 6.18. The highest BCUT2D eigenvalue weighted by molar-refractivity contribution is 5.80. The molecule has 6 nitrogen and oxygen atoms in total. The molecule has 0 bridgehead atoms. The van der Waals surface area contributed by atoms with Crippen LogP contribution in [0.5, 0.6) is 0 Å². The van der Waals surface area contributed by atoms with Gasteiger partial charge in [-0.25, -0.2) is 4.79 Å². The first-order chi connectivity index (χ1) is 10.0. The predicted octanol–water partition coefficient (Wildman–Crippen LogP) is 0.720. The van der Waals surface area contributed by atoms with Gasteiger partial charge in [0, 0.05) is 46.3 Å². The second kappa shape index (κ2) is 7.11. The normalized spacial score (nSPS) is 27.2. The van der Waals surface area contributed by atoms with Gasteiger partial charge in [0.2, 0.25) is 5.91 Å². The molecule has 21 heavy (non-hydrogen) atoms. The lowest BCUT2D eigenvalue weighted by atomic mass is 9.93. The molecular formula is C15H28N4O2. The second-order valence-corrected chi connectivity index (χ2v) is 6.40. The number of carbonyl (C=O) groups excluding carboxylic acids is 2. The molecule has 2 atom stereocenters. The Labute approximate surface area is 127 Å². The van der Waals surface area contributed by atoms with Crippen LogP contribution in [0.3, 0.4) is 0 Å². The largest absolute Gasteiger partial charge is 0.339 e. The fraction of sp³-hybridized carbons (Fsp3) is 0.867. The molecule has 2 aliphatic rings. The van der Waals surface area contributed by atoms with Crippen LogP contribution in [0.25, 0.3) is 0 Å². The van der Waals surface area contributed by atoms with E-state index in [4.69, 9.17) is 5.73 Å². The molecule has 0 aromatic carbocycles. The average molecular weight is 296 g/mol. The van der Waals surface area contributed by atoms with Gasteiger partial charge in [-0.1, -0.05) is 19.3 Å². The third kappa shape index (κ3) is 3.87. The molecule has 2 unspecified atom stereocenters. The summed E-state index contributed by atoms with van der Waals surface area (Å²) in [6, 6.07) is 0.0229. The molecule has 1 aliphatic carbocycles. The van der Waals surface area contributed by atoms with E-state index in [1.807, 2.05) is 4.90 Å². The van der Waals surface area contributed by atoms with Gasteiger partial charge in [0.15, 0.2) is 0 Å². The minimum atomic E-state index is -0.0244. The van der Waals surface area contributed by atoms with Crippen molar-refractivity contribution in [2.24, 2.45) is 11.7 Å². The molecule has 120 valence electrons. The van der Waals surface area contributed by atoms with Crippen LogP contribution in [-0.4, -0.2) is 73.0 Å². The molecule has 1 heterocycles. The first-order valence-corrected chi connectivity index (χ1v) is 8.01. The van der Waals surface area contributed by atoms with Crippen molar-refractivity contribution < 1.29 is 9.59 Å². The van der Waals surface area contributed by atoms with E-state index in [-0.39, 0.29) is 23.9 Å². The van der Waals surface area contributed by atoms with Gasteiger partial charge in [-0.3, -0.25) is 4.79 Å². The standard InChI is InChI=1S/C15H28N4O2/c1-17(2)15(21)19-10-8-18(9-11-19)14(20)12-6-4-3-5-7-13(12)16/h12-13H,3-11,16H2,1-2H3.